The van der Waals surface area contributed by atoms with Gasteiger partial charge in [-0.05, 0) is 45.4 Å². The summed E-state index contributed by atoms with van der Waals surface area (Å²) < 4.78 is 0. The maximum atomic E-state index is 6.47. The molecule has 1 fully saturated rings. The Morgan fingerprint density at radius 1 is 1.33 bits per heavy atom. The van der Waals surface area contributed by atoms with Crippen molar-refractivity contribution in [2.75, 3.05) is 0 Å². The third kappa shape index (κ3) is 2.08. The summed E-state index contributed by atoms with van der Waals surface area (Å²) in [7, 11) is 0. The number of thiazole rings is 1. The van der Waals surface area contributed by atoms with Crippen LogP contribution in [0.25, 0.3) is 0 Å². The summed E-state index contributed by atoms with van der Waals surface area (Å²) in [5, 5.41) is 1.16. The number of nitrogens with zero attached hydrogens (tertiary/aromatic N) is 1. The van der Waals surface area contributed by atoms with Gasteiger partial charge >= 0.3 is 0 Å². The Kier molecular flexibility index (Phi) is 2.86. The van der Waals surface area contributed by atoms with Crippen LogP contribution in [0.4, 0.5) is 0 Å². The molecule has 1 saturated carbocycles. The first-order valence-electron chi connectivity index (χ1n) is 5.75. The molecule has 84 valence electrons. The molecule has 0 aliphatic heterocycles. The summed E-state index contributed by atoms with van der Waals surface area (Å²) in [4.78, 5) is 5.94. The average molecular weight is 224 g/mol. The van der Waals surface area contributed by atoms with E-state index in [2.05, 4.69) is 25.8 Å². The zero-order valence-electron chi connectivity index (χ0n) is 9.84. The molecule has 0 radical (unpaired) electrons. The van der Waals surface area contributed by atoms with E-state index in [-0.39, 0.29) is 5.54 Å². The van der Waals surface area contributed by atoms with Gasteiger partial charge in [-0.1, -0.05) is 6.92 Å². The molecule has 0 saturated heterocycles. The third-order valence-electron chi connectivity index (χ3n) is 3.62. The Labute approximate surface area is 95.9 Å². The number of hydrogen-bond donors (Lipinski definition) is 1. The van der Waals surface area contributed by atoms with Gasteiger partial charge in [0.05, 0.1) is 11.2 Å². The number of aromatic nitrogens is 1. The zero-order chi connectivity index (χ0) is 11.1. The Bertz CT molecular complexity index is 329. The minimum Gasteiger partial charge on any atom is -0.319 e. The number of rotatable bonds is 1. The summed E-state index contributed by atoms with van der Waals surface area (Å²) in [6, 6.07) is 0. The van der Waals surface area contributed by atoms with Gasteiger partial charge in [0.15, 0.2) is 0 Å². The van der Waals surface area contributed by atoms with Gasteiger partial charge in [-0.25, -0.2) is 4.98 Å². The molecule has 1 aliphatic carbocycles. The van der Waals surface area contributed by atoms with Crippen molar-refractivity contribution in [3.05, 3.63) is 15.6 Å². The molecule has 1 aromatic rings. The highest BCUT2D eigenvalue weighted by Gasteiger charge is 2.34. The summed E-state index contributed by atoms with van der Waals surface area (Å²) in [6.45, 7) is 6.52. The van der Waals surface area contributed by atoms with E-state index in [1.54, 1.807) is 11.3 Å². The molecule has 3 heteroatoms. The van der Waals surface area contributed by atoms with Gasteiger partial charge in [-0.2, -0.15) is 0 Å². The maximum absolute atomic E-state index is 6.47. The van der Waals surface area contributed by atoms with Crippen LogP contribution in [-0.4, -0.2) is 4.98 Å². The van der Waals surface area contributed by atoms with E-state index in [0.29, 0.717) is 0 Å². The van der Waals surface area contributed by atoms with Gasteiger partial charge in [0, 0.05) is 4.88 Å². The lowest BCUT2D eigenvalue weighted by Gasteiger charge is -2.34. The zero-order valence-corrected chi connectivity index (χ0v) is 10.7. The van der Waals surface area contributed by atoms with Crippen molar-refractivity contribution < 1.29 is 0 Å². The molecule has 1 heterocycles. The highest BCUT2D eigenvalue weighted by Crippen LogP contribution is 2.39. The van der Waals surface area contributed by atoms with Crippen LogP contribution in [0.15, 0.2) is 0 Å². The fourth-order valence-corrected chi connectivity index (χ4v) is 3.25. The van der Waals surface area contributed by atoms with Gasteiger partial charge < -0.3 is 5.73 Å². The minimum absolute atomic E-state index is 0.129. The second-order valence-corrected chi connectivity index (χ2v) is 6.20. The molecule has 0 aromatic carbocycles. The molecular formula is C12H20N2S. The van der Waals surface area contributed by atoms with Crippen LogP contribution in [0, 0.1) is 19.8 Å². The predicted octanol–water partition coefficient (Wildman–Crippen LogP) is 3.12. The van der Waals surface area contributed by atoms with Gasteiger partial charge in [-0.3, -0.25) is 0 Å². The average Bonchev–Trinajstić information content (AvgIpc) is 2.53. The van der Waals surface area contributed by atoms with Crippen LogP contribution >= 0.6 is 11.3 Å². The van der Waals surface area contributed by atoms with Gasteiger partial charge in [0.2, 0.25) is 0 Å². The largest absolute Gasteiger partial charge is 0.319 e. The summed E-state index contributed by atoms with van der Waals surface area (Å²) in [6.07, 6.45) is 4.68. The number of nitrogens with two attached hydrogens (primary N) is 1. The second kappa shape index (κ2) is 3.87. The molecule has 0 spiro atoms. The number of aryl methyl sites for hydroxylation is 2. The Hall–Kier alpha value is -0.410. The predicted molar refractivity (Wildman–Crippen MR) is 65.1 cm³/mol. The van der Waals surface area contributed by atoms with Gasteiger partial charge in [0.25, 0.3) is 0 Å². The van der Waals surface area contributed by atoms with Crippen molar-refractivity contribution in [3.8, 4) is 0 Å². The SMILES string of the molecule is Cc1nc(C2(N)CCC(C)CC2)sc1C. The van der Waals surface area contributed by atoms with Gasteiger partial charge in [-0.15, -0.1) is 11.3 Å². The number of hydrogen-bond acceptors (Lipinski definition) is 3. The minimum atomic E-state index is -0.129. The third-order valence-corrected chi connectivity index (χ3v) is 4.91. The van der Waals surface area contributed by atoms with E-state index in [1.807, 2.05) is 0 Å². The van der Waals surface area contributed by atoms with Crippen molar-refractivity contribution >= 4 is 11.3 Å². The maximum Gasteiger partial charge on any atom is 0.113 e. The molecule has 0 unspecified atom stereocenters. The van der Waals surface area contributed by atoms with Crippen molar-refractivity contribution in [2.24, 2.45) is 11.7 Å². The lowest BCUT2D eigenvalue weighted by Crippen LogP contribution is -2.40. The highest BCUT2D eigenvalue weighted by atomic mass is 32.1. The molecule has 0 bridgehead atoms. The second-order valence-electron chi connectivity index (χ2n) is 5.00. The van der Waals surface area contributed by atoms with Crippen LogP contribution < -0.4 is 5.73 Å². The summed E-state index contributed by atoms with van der Waals surface area (Å²) >= 11 is 1.78. The monoisotopic (exact) mass is 224 g/mol. The quantitative estimate of drug-likeness (QED) is 0.796. The van der Waals surface area contributed by atoms with Crippen molar-refractivity contribution in [1.82, 2.24) is 4.98 Å². The smallest absolute Gasteiger partial charge is 0.113 e. The fraction of sp³-hybridized carbons (Fsp3) is 0.750. The lowest BCUT2D eigenvalue weighted by molar-refractivity contribution is 0.247. The van der Waals surface area contributed by atoms with Crippen LogP contribution in [0.2, 0.25) is 0 Å². The Morgan fingerprint density at radius 3 is 2.40 bits per heavy atom. The molecule has 0 amide bonds. The molecular weight excluding hydrogens is 204 g/mol. The Balaban J connectivity index is 2.22. The summed E-state index contributed by atoms with van der Waals surface area (Å²) in [5.74, 6) is 0.837. The summed E-state index contributed by atoms with van der Waals surface area (Å²) in [5.41, 5.74) is 7.50. The molecule has 1 aliphatic rings. The Morgan fingerprint density at radius 2 is 1.93 bits per heavy atom. The first-order valence-corrected chi connectivity index (χ1v) is 6.56. The van der Waals surface area contributed by atoms with Crippen LogP contribution in [0.1, 0.15) is 48.2 Å². The van der Waals surface area contributed by atoms with E-state index >= 15 is 0 Å². The molecule has 2 nitrogen and oxygen atoms in total. The normalized spacial score (nSPS) is 31.9. The van der Waals surface area contributed by atoms with E-state index < -0.39 is 0 Å². The van der Waals surface area contributed by atoms with Gasteiger partial charge in [0.1, 0.15) is 5.01 Å². The van der Waals surface area contributed by atoms with E-state index in [1.165, 1.54) is 17.7 Å². The molecule has 2 rings (SSSR count). The standard InChI is InChI=1S/C12H20N2S/c1-8-4-6-12(13,7-5-8)11-14-9(2)10(3)15-11/h8H,4-7,13H2,1-3H3. The first kappa shape index (κ1) is 11.1. The lowest BCUT2D eigenvalue weighted by atomic mass is 9.78. The van der Waals surface area contributed by atoms with Crippen LogP contribution in [0.3, 0.4) is 0 Å². The molecule has 2 N–H and O–H groups in total. The van der Waals surface area contributed by atoms with Crippen molar-refractivity contribution in [3.63, 3.8) is 0 Å². The van der Waals surface area contributed by atoms with E-state index in [4.69, 9.17) is 5.73 Å². The van der Waals surface area contributed by atoms with Crippen molar-refractivity contribution in [2.45, 2.75) is 52.0 Å². The van der Waals surface area contributed by atoms with Crippen LogP contribution in [-0.2, 0) is 5.54 Å². The van der Waals surface area contributed by atoms with Crippen molar-refractivity contribution in [1.29, 1.82) is 0 Å². The molecule has 0 atom stereocenters. The van der Waals surface area contributed by atoms with E-state index in [0.717, 1.165) is 29.5 Å². The fourth-order valence-electron chi connectivity index (χ4n) is 2.18. The molecule has 1 aromatic heterocycles. The first-order chi connectivity index (χ1) is 7.01. The highest BCUT2D eigenvalue weighted by molar-refractivity contribution is 7.11. The topological polar surface area (TPSA) is 38.9 Å². The molecule has 15 heavy (non-hydrogen) atoms. The van der Waals surface area contributed by atoms with Crippen LogP contribution in [0.5, 0.6) is 0 Å². The van der Waals surface area contributed by atoms with E-state index in [9.17, 15) is 0 Å².